The van der Waals surface area contributed by atoms with Crippen LogP contribution in [0.1, 0.15) is 36.7 Å². The molecular weight excluding hydrogens is 262 g/mol. The molecule has 0 aromatic heterocycles. The van der Waals surface area contributed by atoms with Gasteiger partial charge in [0, 0.05) is 44.5 Å². The fourth-order valence-electron chi connectivity index (χ4n) is 2.79. The summed E-state index contributed by atoms with van der Waals surface area (Å²) in [7, 11) is 0. The molecule has 1 amide bonds. The zero-order chi connectivity index (χ0) is 15.4. The number of nitrogens with one attached hydrogen (secondary N) is 1. The molecule has 1 aliphatic heterocycles. The molecule has 0 saturated carbocycles. The van der Waals surface area contributed by atoms with Crippen molar-refractivity contribution >= 4 is 11.6 Å². The van der Waals surface area contributed by atoms with Gasteiger partial charge in [0.1, 0.15) is 0 Å². The second kappa shape index (κ2) is 6.94. The van der Waals surface area contributed by atoms with E-state index in [1.54, 1.807) is 0 Å². The van der Waals surface area contributed by atoms with Crippen LogP contribution < -0.4 is 5.32 Å². The normalized spacial score (nSPS) is 16.3. The van der Waals surface area contributed by atoms with Crippen molar-refractivity contribution < 1.29 is 4.79 Å². The molecule has 0 radical (unpaired) electrons. The van der Waals surface area contributed by atoms with Crippen molar-refractivity contribution in [2.45, 2.75) is 33.7 Å². The van der Waals surface area contributed by atoms with Crippen LogP contribution in [-0.4, -0.2) is 54.5 Å². The number of amides is 1. The van der Waals surface area contributed by atoms with E-state index in [-0.39, 0.29) is 5.91 Å². The standard InChI is InChI=1S/C17H27N3O/c1-5-18-16-12-14(4)6-7-15(16)17(21)20-10-8-19(9-11-20)13(2)3/h6-7,12-13,18H,5,8-11H2,1-4H3. The predicted molar refractivity (Wildman–Crippen MR) is 88.0 cm³/mol. The first-order chi connectivity index (χ1) is 10.0. The van der Waals surface area contributed by atoms with Crippen LogP contribution in [0.15, 0.2) is 18.2 Å². The van der Waals surface area contributed by atoms with Crippen LogP contribution in [0.2, 0.25) is 0 Å². The van der Waals surface area contributed by atoms with Crippen LogP contribution in [-0.2, 0) is 0 Å². The lowest BCUT2D eigenvalue weighted by Gasteiger charge is -2.37. The summed E-state index contributed by atoms with van der Waals surface area (Å²) < 4.78 is 0. The lowest BCUT2D eigenvalue weighted by Crippen LogP contribution is -2.50. The van der Waals surface area contributed by atoms with Crippen molar-refractivity contribution in [3.8, 4) is 0 Å². The quantitative estimate of drug-likeness (QED) is 0.925. The third-order valence-electron chi connectivity index (χ3n) is 4.10. The van der Waals surface area contributed by atoms with Crippen LogP contribution in [0.4, 0.5) is 5.69 Å². The average Bonchev–Trinajstić information content (AvgIpc) is 2.47. The minimum absolute atomic E-state index is 0.148. The van der Waals surface area contributed by atoms with Gasteiger partial charge in [-0.1, -0.05) is 6.07 Å². The zero-order valence-corrected chi connectivity index (χ0v) is 13.6. The summed E-state index contributed by atoms with van der Waals surface area (Å²) in [4.78, 5) is 17.1. The number of carbonyl (C=O) groups excluding carboxylic acids is 1. The molecule has 4 heteroatoms. The van der Waals surface area contributed by atoms with Gasteiger partial charge in [-0.15, -0.1) is 0 Å². The maximum absolute atomic E-state index is 12.8. The van der Waals surface area contributed by atoms with E-state index in [0.29, 0.717) is 6.04 Å². The van der Waals surface area contributed by atoms with Crippen LogP contribution in [0.5, 0.6) is 0 Å². The molecule has 0 atom stereocenters. The van der Waals surface area contributed by atoms with E-state index in [2.05, 4.69) is 44.0 Å². The van der Waals surface area contributed by atoms with Crippen molar-refractivity contribution in [2.75, 3.05) is 38.0 Å². The molecule has 1 fully saturated rings. The van der Waals surface area contributed by atoms with Crippen LogP contribution in [0.25, 0.3) is 0 Å². The Morgan fingerprint density at radius 1 is 1.24 bits per heavy atom. The number of hydrogen-bond acceptors (Lipinski definition) is 3. The summed E-state index contributed by atoms with van der Waals surface area (Å²) >= 11 is 0. The molecule has 0 spiro atoms. The van der Waals surface area contributed by atoms with Gasteiger partial charge in [-0.2, -0.15) is 0 Å². The second-order valence-electron chi connectivity index (χ2n) is 6.00. The number of nitrogens with zero attached hydrogens (tertiary/aromatic N) is 2. The van der Waals surface area contributed by atoms with E-state index >= 15 is 0 Å². The van der Waals surface area contributed by atoms with E-state index in [1.165, 1.54) is 5.56 Å². The maximum atomic E-state index is 12.8. The molecular formula is C17H27N3O. The number of carbonyl (C=O) groups is 1. The molecule has 0 bridgehead atoms. The molecule has 116 valence electrons. The van der Waals surface area contributed by atoms with Gasteiger partial charge in [-0.3, -0.25) is 9.69 Å². The van der Waals surface area contributed by atoms with Crippen LogP contribution in [0.3, 0.4) is 0 Å². The van der Waals surface area contributed by atoms with Gasteiger partial charge in [0.2, 0.25) is 0 Å². The molecule has 4 nitrogen and oxygen atoms in total. The topological polar surface area (TPSA) is 35.6 Å². The van der Waals surface area contributed by atoms with Gasteiger partial charge < -0.3 is 10.2 Å². The van der Waals surface area contributed by atoms with Gasteiger partial charge in [0.05, 0.1) is 5.56 Å². The van der Waals surface area contributed by atoms with E-state index < -0.39 is 0 Å². The number of hydrogen-bond donors (Lipinski definition) is 1. The Morgan fingerprint density at radius 2 is 1.90 bits per heavy atom. The highest BCUT2D eigenvalue weighted by Gasteiger charge is 2.24. The minimum atomic E-state index is 0.148. The Balaban J connectivity index is 2.10. The lowest BCUT2D eigenvalue weighted by atomic mass is 10.1. The Hall–Kier alpha value is -1.55. The van der Waals surface area contributed by atoms with Crippen molar-refractivity contribution in [1.29, 1.82) is 0 Å². The Bertz CT molecular complexity index is 491. The molecule has 0 aliphatic carbocycles. The van der Waals surface area contributed by atoms with E-state index in [9.17, 15) is 4.79 Å². The fraction of sp³-hybridized carbons (Fsp3) is 0.588. The summed E-state index contributed by atoms with van der Waals surface area (Å²) in [6, 6.07) is 6.57. The predicted octanol–water partition coefficient (Wildman–Crippen LogP) is 2.59. The smallest absolute Gasteiger partial charge is 0.256 e. The van der Waals surface area contributed by atoms with Crippen molar-refractivity contribution in [3.05, 3.63) is 29.3 Å². The van der Waals surface area contributed by atoms with Gasteiger partial charge in [-0.25, -0.2) is 0 Å². The zero-order valence-electron chi connectivity index (χ0n) is 13.6. The highest BCUT2D eigenvalue weighted by atomic mass is 16.2. The molecule has 1 aromatic rings. The molecule has 1 aromatic carbocycles. The summed E-state index contributed by atoms with van der Waals surface area (Å²) in [6.07, 6.45) is 0. The first kappa shape index (κ1) is 15.8. The Labute approximate surface area is 128 Å². The molecule has 21 heavy (non-hydrogen) atoms. The number of rotatable bonds is 4. The lowest BCUT2D eigenvalue weighted by molar-refractivity contribution is 0.0596. The minimum Gasteiger partial charge on any atom is -0.385 e. The highest BCUT2D eigenvalue weighted by Crippen LogP contribution is 2.20. The van der Waals surface area contributed by atoms with Crippen molar-refractivity contribution in [2.24, 2.45) is 0 Å². The van der Waals surface area contributed by atoms with E-state index in [0.717, 1.165) is 44.0 Å². The third-order valence-corrected chi connectivity index (χ3v) is 4.10. The number of piperazine rings is 1. The van der Waals surface area contributed by atoms with Gasteiger partial charge in [0.15, 0.2) is 0 Å². The first-order valence-electron chi connectivity index (χ1n) is 7.90. The van der Waals surface area contributed by atoms with Crippen LogP contribution >= 0.6 is 0 Å². The SMILES string of the molecule is CCNc1cc(C)ccc1C(=O)N1CCN(C(C)C)CC1. The number of anilines is 1. The average molecular weight is 289 g/mol. The molecule has 1 saturated heterocycles. The largest absolute Gasteiger partial charge is 0.385 e. The summed E-state index contributed by atoms with van der Waals surface area (Å²) in [5, 5.41) is 3.31. The first-order valence-corrected chi connectivity index (χ1v) is 7.90. The van der Waals surface area contributed by atoms with Gasteiger partial charge in [-0.05, 0) is 45.4 Å². The molecule has 1 heterocycles. The molecule has 2 rings (SSSR count). The Kier molecular flexibility index (Phi) is 5.23. The fourth-order valence-corrected chi connectivity index (χ4v) is 2.79. The molecule has 1 aliphatic rings. The number of benzene rings is 1. The van der Waals surface area contributed by atoms with Gasteiger partial charge in [0.25, 0.3) is 5.91 Å². The van der Waals surface area contributed by atoms with Crippen molar-refractivity contribution in [1.82, 2.24) is 9.80 Å². The van der Waals surface area contributed by atoms with E-state index in [1.807, 2.05) is 17.0 Å². The maximum Gasteiger partial charge on any atom is 0.256 e. The third kappa shape index (κ3) is 3.76. The van der Waals surface area contributed by atoms with E-state index in [4.69, 9.17) is 0 Å². The monoisotopic (exact) mass is 289 g/mol. The second-order valence-corrected chi connectivity index (χ2v) is 6.00. The highest BCUT2D eigenvalue weighted by molar-refractivity contribution is 5.99. The molecule has 0 unspecified atom stereocenters. The summed E-state index contributed by atoms with van der Waals surface area (Å²) in [5.41, 5.74) is 2.92. The Morgan fingerprint density at radius 3 is 2.48 bits per heavy atom. The van der Waals surface area contributed by atoms with Crippen molar-refractivity contribution in [3.63, 3.8) is 0 Å². The summed E-state index contributed by atoms with van der Waals surface area (Å²) in [6.45, 7) is 12.9. The summed E-state index contributed by atoms with van der Waals surface area (Å²) in [5.74, 6) is 0.148. The van der Waals surface area contributed by atoms with Gasteiger partial charge >= 0.3 is 0 Å². The number of aryl methyl sites for hydroxylation is 1. The van der Waals surface area contributed by atoms with Crippen LogP contribution in [0, 0.1) is 6.92 Å². The molecule has 1 N–H and O–H groups in total.